The molecule has 0 fully saturated rings. The van der Waals surface area contributed by atoms with Crippen LogP contribution in [-0.2, 0) is 19.4 Å². The molecule has 5 nitrogen and oxygen atoms in total. The number of rotatable bonds is 4. The zero-order chi connectivity index (χ0) is 16.6. The highest BCUT2D eigenvalue weighted by Crippen LogP contribution is 2.32. The average Bonchev–Trinajstić information content (AvgIpc) is 2.86. The molecule has 0 saturated heterocycles. The lowest BCUT2D eigenvalue weighted by atomic mass is 10.0. The molecular weight excluding hydrogens is 288 g/mol. The smallest absolute Gasteiger partial charge is 0.274 e. The summed E-state index contributed by atoms with van der Waals surface area (Å²) in [6.07, 6.45) is 3.44. The van der Waals surface area contributed by atoms with Crippen LogP contribution in [0.2, 0.25) is 0 Å². The van der Waals surface area contributed by atoms with Crippen LogP contribution in [0, 0.1) is 12.8 Å². The summed E-state index contributed by atoms with van der Waals surface area (Å²) in [5.41, 5.74) is 11.1. The van der Waals surface area contributed by atoms with Crippen molar-refractivity contribution in [3.8, 4) is 0 Å². The van der Waals surface area contributed by atoms with Crippen LogP contribution in [-0.4, -0.2) is 15.3 Å². The van der Waals surface area contributed by atoms with Gasteiger partial charge in [0.15, 0.2) is 0 Å². The Morgan fingerprint density at radius 2 is 2.17 bits per heavy atom. The molecule has 0 radical (unpaired) electrons. The molecule has 2 aromatic heterocycles. The van der Waals surface area contributed by atoms with Gasteiger partial charge in [0.25, 0.3) is 5.56 Å². The summed E-state index contributed by atoms with van der Waals surface area (Å²) < 4.78 is 1.61. The number of anilines is 1. The van der Waals surface area contributed by atoms with Gasteiger partial charge >= 0.3 is 0 Å². The number of aromatic nitrogens is 2. The third-order valence-electron chi connectivity index (χ3n) is 3.94. The van der Waals surface area contributed by atoms with Crippen LogP contribution >= 0.6 is 0 Å². The van der Waals surface area contributed by atoms with Gasteiger partial charge in [0, 0.05) is 24.0 Å². The first-order valence-corrected chi connectivity index (χ1v) is 7.95. The van der Waals surface area contributed by atoms with Gasteiger partial charge in [-0.05, 0) is 43.0 Å². The number of nitrogen functional groups attached to an aromatic ring is 1. The Morgan fingerprint density at radius 1 is 1.39 bits per heavy atom. The van der Waals surface area contributed by atoms with Gasteiger partial charge in [-0.1, -0.05) is 13.8 Å². The summed E-state index contributed by atoms with van der Waals surface area (Å²) in [5.74, 6) is 0.532. The molecule has 0 bridgehead atoms. The average molecular weight is 310 g/mol. The van der Waals surface area contributed by atoms with E-state index in [0.29, 0.717) is 12.5 Å². The van der Waals surface area contributed by atoms with Crippen LogP contribution in [0.1, 0.15) is 30.8 Å². The molecule has 3 rings (SSSR count). The van der Waals surface area contributed by atoms with E-state index in [4.69, 9.17) is 10.7 Å². The van der Waals surface area contributed by atoms with E-state index >= 15 is 0 Å². The molecule has 0 aromatic carbocycles. The SMILES string of the molecule is Cc1cc2c(c(CC(C)C)n1)N=C(Cn1cccc(N)c1=O)C2. The zero-order valence-corrected chi connectivity index (χ0v) is 13.8. The molecule has 1 aliphatic rings. The normalized spacial score (nSPS) is 13.3. The van der Waals surface area contributed by atoms with E-state index in [-0.39, 0.29) is 11.2 Å². The Bertz CT molecular complexity index is 833. The fourth-order valence-electron chi connectivity index (χ4n) is 2.99. The monoisotopic (exact) mass is 310 g/mol. The summed E-state index contributed by atoms with van der Waals surface area (Å²) in [6.45, 7) is 6.85. The molecule has 3 heterocycles. The van der Waals surface area contributed by atoms with Gasteiger partial charge in [0.05, 0.1) is 23.6 Å². The Hall–Kier alpha value is -2.43. The van der Waals surface area contributed by atoms with Gasteiger partial charge in [-0.25, -0.2) is 0 Å². The minimum absolute atomic E-state index is 0.164. The van der Waals surface area contributed by atoms with Gasteiger partial charge < -0.3 is 10.3 Å². The second kappa shape index (κ2) is 5.99. The molecule has 2 N–H and O–H groups in total. The number of hydrogen-bond donors (Lipinski definition) is 1. The Balaban J connectivity index is 1.92. The van der Waals surface area contributed by atoms with E-state index in [9.17, 15) is 4.79 Å². The number of nitrogens with two attached hydrogens (primary N) is 1. The summed E-state index contributed by atoms with van der Waals surface area (Å²) >= 11 is 0. The van der Waals surface area contributed by atoms with E-state index < -0.39 is 0 Å². The third kappa shape index (κ3) is 3.18. The third-order valence-corrected chi connectivity index (χ3v) is 3.94. The van der Waals surface area contributed by atoms with E-state index in [1.54, 1.807) is 22.9 Å². The maximum absolute atomic E-state index is 12.1. The molecule has 0 aliphatic carbocycles. The highest BCUT2D eigenvalue weighted by Gasteiger charge is 2.20. The van der Waals surface area contributed by atoms with Crippen molar-refractivity contribution in [1.82, 2.24) is 9.55 Å². The Kier molecular flexibility index (Phi) is 4.03. The first kappa shape index (κ1) is 15.5. The van der Waals surface area contributed by atoms with Gasteiger partial charge in [-0.3, -0.25) is 14.8 Å². The molecule has 0 unspecified atom stereocenters. The van der Waals surface area contributed by atoms with Crippen molar-refractivity contribution in [2.24, 2.45) is 10.9 Å². The van der Waals surface area contributed by atoms with Gasteiger partial charge in [-0.15, -0.1) is 0 Å². The first-order valence-electron chi connectivity index (χ1n) is 7.95. The van der Waals surface area contributed by atoms with Crippen LogP contribution in [0.3, 0.4) is 0 Å². The molecule has 1 aliphatic heterocycles. The molecule has 0 saturated carbocycles. The number of pyridine rings is 2. The molecule has 0 atom stereocenters. The maximum atomic E-state index is 12.1. The summed E-state index contributed by atoms with van der Waals surface area (Å²) in [6, 6.07) is 5.51. The van der Waals surface area contributed by atoms with Crippen molar-refractivity contribution in [3.63, 3.8) is 0 Å². The van der Waals surface area contributed by atoms with Gasteiger partial charge in [0.1, 0.15) is 0 Å². The topological polar surface area (TPSA) is 73.3 Å². The standard InChI is InChI=1S/C18H22N4O/c1-11(2)7-16-17-13(8-12(3)20-16)9-14(21-17)10-22-6-4-5-15(19)18(22)23/h4-6,8,11H,7,9-10,19H2,1-3H3. The van der Waals surface area contributed by atoms with Gasteiger partial charge in [0.2, 0.25) is 0 Å². The van der Waals surface area contributed by atoms with Crippen LogP contribution < -0.4 is 11.3 Å². The van der Waals surface area contributed by atoms with Crippen molar-refractivity contribution in [2.75, 3.05) is 5.73 Å². The summed E-state index contributed by atoms with van der Waals surface area (Å²) in [4.78, 5) is 21.5. The quantitative estimate of drug-likeness (QED) is 0.943. The lowest BCUT2D eigenvalue weighted by Gasteiger charge is -2.09. The van der Waals surface area contributed by atoms with Crippen molar-refractivity contribution in [2.45, 2.75) is 40.2 Å². The van der Waals surface area contributed by atoms with E-state index in [0.717, 1.165) is 35.6 Å². The van der Waals surface area contributed by atoms with Crippen molar-refractivity contribution < 1.29 is 0 Å². The number of aryl methyl sites for hydroxylation is 1. The van der Waals surface area contributed by atoms with Gasteiger partial charge in [-0.2, -0.15) is 0 Å². The minimum Gasteiger partial charge on any atom is -0.394 e. The lowest BCUT2D eigenvalue weighted by Crippen LogP contribution is -2.25. The predicted octanol–water partition coefficient (Wildman–Crippen LogP) is 2.66. The van der Waals surface area contributed by atoms with E-state index in [1.165, 1.54) is 5.56 Å². The van der Waals surface area contributed by atoms with Crippen LogP contribution in [0.15, 0.2) is 34.2 Å². The van der Waals surface area contributed by atoms with Crippen LogP contribution in [0.5, 0.6) is 0 Å². The number of nitrogens with zero attached hydrogens (tertiary/aromatic N) is 3. The van der Waals surface area contributed by atoms with Crippen molar-refractivity contribution in [3.05, 3.63) is 51.7 Å². The first-order chi connectivity index (χ1) is 10.9. The summed E-state index contributed by atoms with van der Waals surface area (Å²) in [7, 11) is 0. The zero-order valence-electron chi connectivity index (χ0n) is 13.8. The molecular formula is C18H22N4O. The Morgan fingerprint density at radius 3 is 2.91 bits per heavy atom. The van der Waals surface area contributed by atoms with Crippen LogP contribution in [0.4, 0.5) is 11.4 Å². The number of fused-ring (bicyclic) bond motifs is 1. The second-order valence-corrected chi connectivity index (χ2v) is 6.57. The highest BCUT2D eigenvalue weighted by atomic mass is 16.1. The highest BCUT2D eigenvalue weighted by molar-refractivity contribution is 5.94. The fraction of sp³-hybridized carbons (Fsp3) is 0.389. The predicted molar refractivity (Wildman–Crippen MR) is 93.4 cm³/mol. The lowest BCUT2D eigenvalue weighted by molar-refractivity contribution is 0.634. The summed E-state index contributed by atoms with van der Waals surface area (Å²) in [5, 5.41) is 0. The largest absolute Gasteiger partial charge is 0.394 e. The second-order valence-electron chi connectivity index (χ2n) is 6.57. The maximum Gasteiger partial charge on any atom is 0.274 e. The Labute approximate surface area is 135 Å². The van der Waals surface area contributed by atoms with E-state index in [1.807, 2.05) is 6.92 Å². The van der Waals surface area contributed by atoms with Crippen molar-refractivity contribution >= 4 is 17.1 Å². The number of hydrogen-bond acceptors (Lipinski definition) is 4. The molecule has 0 amide bonds. The van der Waals surface area contributed by atoms with E-state index in [2.05, 4.69) is 24.9 Å². The molecule has 5 heteroatoms. The van der Waals surface area contributed by atoms with Crippen molar-refractivity contribution in [1.29, 1.82) is 0 Å². The molecule has 2 aromatic rings. The van der Waals surface area contributed by atoms with Crippen LogP contribution in [0.25, 0.3) is 0 Å². The molecule has 23 heavy (non-hydrogen) atoms. The molecule has 0 spiro atoms. The minimum atomic E-state index is -0.164. The molecule has 120 valence electrons. The number of aliphatic imine (C=N–C) groups is 1. The fourth-order valence-corrected chi connectivity index (χ4v) is 2.99.